The van der Waals surface area contributed by atoms with Gasteiger partial charge < -0.3 is 0 Å². The first kappa shape index (κ1) is 13.3. The van der Waals surface area contributed by atoms with Crippen molar-refractivity contribution in [3.63, 3.8) is 0 Å². The van der Waals surface area contributed by atoms with Gasteiger partial charge in [-0.15, -0.1) is 0 Å². The van der Waals surface area contributed by atoms with Gasteiger partial charge in [0, 0.05) is 18.1 Å². The van der Waals surface area contributed by atoms with Gasteiger partial charge in [-0.3, -0.25) is 11.3 Å². The minimum atomic E-state index is -2.83. The molecule has 0 saturated heterocycles. The summed E-state index contributed by atoms with van der Waals surface area (Å²) in [5.41, 5.74) is 2.91. The number of hydrogen-bond donors (Lipinski definition) is 2. The van der Waals surface area contributed by atoms with E-state index in [-0.39, 0.29) is 5.75 Å². The van der Waals surface area contributed by atoms with Gasteiger partial charge in [0.15, 0.2) is 0 Å². The highest BCUT2D eigenvalue weighted by atomic mass is 32.2. The predicted molar refractivity (Wildman–Crippen MR) is 69.0 cm³/mol. The third kappa shape index (κ3) is 3.42. The summed E-state index contributed by atoms with van der Waals surface area (Å²) in [6.07, 6.45) is 8.33. The lowest BCUT2D eigenvalue weighted by Gasteiger charge is -2.15. The molecular formula is C12H24N2O2S. The Balaban J connectivity index is 1.78. The number of fused-ring (bicyclic) bond motifs is 1. The fourth-order valence-electron chi connectivity index (χ4n) is 3.60. The van der Waals surface area contributed by atoms with Crippen molar-refractivity contribution in [2.45, 2.75) is 44.6 Å². The number of nitrogens with two attached hydrogens (primary N) is 1. The Hall–Kier alpha value is -0.130. The fraction of sp³-hybridized carbons (Fsp3) is 1.00. The van der Waals surface area contributed by atoms with E-state index in [1.54, 1.807) is 0 Å². The molecule has 0 radical (unpaired) electrons. The van der Waals surface area contributed by atoms with Gasteiger partial charge in [-0.05, 0) is 43.4 Å². The normalized spacial score (nSPS) is 34.1. The van der Waals surface area contributed by atoms with Crippen LogP contribution in [0.15, 0.2) is 0 Å². The van der Waals surface area contributed by atoms with Crippen molar-refractivity contribution in [2.75, 3.05) is 12.0 Å². The zero-order valence-electron chi connectivity index (χ0n) is 10.6. The average Bonchev–Trinajstić information content (AvgIpc) is 2.97. The van der Waals surface area contributed by atoms with Crippen LogP contribution < -0.4 is 11.3 Å². The molecule has 0 amide bonds. The summed E-state index contributed by atoms with van der Waals surface area (Å²) in [6.45, 7) is 0. The van der Waals surface area contributed by atoms with Gasteiger partial charge in [0.05, 0.1) is 0 Å². The van der Waals surface area contributed by atoms with E-state index in [1.165, 1.54) is 31.9 Å². The first-order valence-corrected chi connectivity index (χ1v) is 8.73. The van der Waals surface area contributed by atoms with Gasteiger partial charge in [0.1, 0.15) is 9.84 Å². The molecule has 2 rings (SSSR count). The molecule has 2 aliphatic carbocycles. The van der Waals surface area contributed by atoms with Crippen molar-refractivity contribution in [1.82, 2.24) is 5.43 Å². The van der Waals surface area contributed by atoms with Crippen molar-refractivity contribution in [1.29, 1.82) is 0 Å². The van der Waals surface area contributed by atoms with Crippen molar-refractivity contribution in [3.05, 3.63) is 0 Å². The molecule has 0 aromatic carbocycles. The molecule has 0 bridgehead atoms. The predicted octanol–water partition coefficient (Wildman–Crippen LogP) is 1.08. The Morgan fingerprint density at radius 3 is 2.35 bits per heavy atom. The maximum Gasteiger partial charge on any atom is 0.147 e. The van der Waals surface area contributed by atoms with Crippen LogP contribution in [0.1, 0.15) is 38.5 Å². The van der Waals surface area contributed by atoms with E-state index in [0.29, 0.717) is 12.0 Å². The highest BCUT2D eigenvalue weighted by molar-refractivity contribution is 7.90. The van der Waals surface area contributed by atoms with E-state index in [2.05, 4.69) is 5.43 Å². The zero-order valence-corrected chi connectivity index (χ0v) is 11.4. The van der Waals surface area contributed by atoms with Crippen LogP contribution in [0.25, 0.3) is 0 Å². The van der Waals surface area contributed by atoms with E-state index in [4.69, 9.17) is 5.84 Å². The maximum absolute atomic E-state index is 11.1. The summed E-state index contributed by atoms with van der Waals surface area (Å²) in [6, 6.07) is 0.324. The Kier molecular flexibility index (Phi) is 4.10. The first-order valence-electron chi connectivity index (χ1n) is 6.67. The van der Waals surface area contributed by atoms with Crippen LogP contribution in [-0.2, 0) is 9.84 Å². The molecule has 0 heterocycles. The van der Waals surface area contributed by atoms with E-state index in [1.807, 2.05) is 0 Å². The average molecular weight is 260 g/mol. The second-order valence-electron chi connectivity index (χ2n) is 5.73. The van der Waals surface area contributed by atoms with Crippen molar-refractivity contribution >= 4 is 9.84 Å². The van der Waals surface area contributed by atoms with Crippen LogP contribution in [0.5, 0.6) is 0 Å². The number of hydrazine groups is 1. The largest absolute Gasteiger partial charge is 0.271 e. The molecule has 0 aromatic heterocycles. The van der Waals surface area contributed by atoms with Gasteiger partial charge in [-0.25, -0.2) is 8.42 Å². The standard InChI is InChI=1S/C12H24N2O2S/c1-17(15,16)8-4-7-11(14-13)12-9-5-2-3-6-10(9)12/h9-12,14H,2-8,13H2,1H3. The summed E-state index contributed by atoms with van der Waals surface area (Å²) < 4.78 is 22.2. The van der Waals surface area contributed by atoms with E-state index >= 15 is 0 Å². The van der Waals surface area contributed by atoms with Gasteiger partial charge in [-0.2, -0.15) is 0 Å². The second kappa shape index (κ2) is 5.24. The lowest BCUT2D eigenvalue weighted by atomic mass is 10.0. The topological polar surface area (TPSA) is 72.2 Å². The molecule has 0 spiro atoms. The van der Waals surface area contributed by atoms with Gasteiger partial charge in [0.25, 0.3) is 0 Å². The van der Waals surface area contributed by atoms with Gasteiger partial charge >= 0.3 is 0 Å². The minimum Gasteiger partial charge on any atom is -0.271 e. The molecule has 0 aromatic rings. The molecule has 4 nitrogen and oxygen atoms in total. The molecular weight excluding hydrogens is 236 g/mol. The Bertz CT molecular complexity index is 344. The molecule has 3 unspecified atom stereocenters. The van der Waals surface area contributed by atoms with Crippen LogP contribution in [-0.4, -0.2) is 26.5 Å². The summed E-state index contributed by atoms with van der Waals surface area (Å²) in [5, 5.41) is 0. The maximum atomic E-state index is 11.1. The van der Waals surface area contributed by atoms with Gasteiger partial charge in [0.2, 0.25) is 0 Å². The van der Waals surface area contributed by atoms with Crippen LogP contribution in [0, 0.1) is 17.8 Å². The van der Waals surface area contributed by atoms with Crippen LogP contribution in [0.2, 0.25) is 0 Å². The summed E-state index contributed by atoms with van der Waals surface area (Å²) in [4.78, 5) is 0. The second-order valence-corrected chi connectivity index (χ2v) is 7.99. The SMILES string of the molecule is CS(=O)(=O)CCCC(NN)C1C2CCCCC21. The third-order valence-corrected chi connectivity index (χ3v) is 5.46. The molecule has 2 fully saturated rings. The number of rotatable bonds is 6. The number of nitrogens with one attached hydrogen (secondary N) is 1. The Morgan fingerprint density at radius 2 is 1.88 bits per heavy atom. The molecule has 100 valence electrons. The molecule has 5 heteroatoms. The van der Waals surface area contributed by atoms with Gasteiger partial charge in [-0.1, -0.05) is 12.8 Å². The number of sulfone groups is 1. The van der Waals surface area contributed by atoms with Crippen molar-refractivity contribution in [2.24, 2.45) is 23.6 Å². The molecule has 3 atom stereocenters. The molecule has 3 N–H and O–H groups in total. The summed E-state index contributed by atoms with van der Waals surface area (Å²) in [7, 11) is -2.83. The van der Waals surface area contributed by atoms with Crippen molar-refractivity contribution < 1.29 is 8.42 Å². The van der Waals surface area contributed by atoms with E-state index in [0.717, 1.165) is 24.7 Å². The third-order valence-electron chi connectivity index (χ3n) is 4.43. The highest BCUT2D eigenvalue weighted by Crippen LogP contribution is 2.57. The lowest BCUT2D eigenvalue weighted by molar-refractivity contribution is 0.410. The smallest absolute Gasteiger partial charge is 0.147 e. The molecule has 0 aliphatic heterocycles. The minimum absolute atomic E-state index is 0.285. The van der Waals surface area contributed by atoms with E-state index in [9.17, 15) is 8.42 Å². The van der Waals surface area contributed by atoms with Crippen LogP contribution >= 0.6 is 0 Å². The Labute approximate surface area is 104 Å². The molecule has 2 aliphatic rings. The van der Waals surface area contributed by atoms with Crippen LogP contribution in [0.4, 0.5) is 0 Å². The Morgan fingerprint density at radius 1 is 1.29 bits per heavy atom. The highest BCUT2D eigenvalue weighted by Gasteiger charge is 2.53. The quantitative estimate of drug-likeness (QED) is 0.554. The fourth-order valence-corrected chi connectivity index (χ4v) is 4.29. The first-order chi connectivity index (χ1) is 8.03. The van der Waals surface area contributed by atoms with Crippen LogP contribution in [0.3, 0.4) is 0 Å². The number of hydrogen-bond acceptors (Lipinski definition) is 4. The molecule has 17 heavy (non-hydrogen) atoms. The van der Waals surface area contributed by atoms with E-state index < -0.39 is 9.84 Å². The summed E-state index contributed by atoms with van der Waals surface area (Å²) in [5.74, 6) is 8.34. The summed E-state index contributed by atoms with van der Waals surface area (Å²) >= 11 is 0. The zero-order chi connectivity index (χ0) is 12.5. The molecule has 2 saturated carbocycles. The van der Waals surface area contributed by atoms with Crippen molar-refractivity contribution in [3.8, 4) is 0 Å². The lowest BCUT2D eigenvalue weighted by Crippen LogP contribution is -2.38. The monoisotopic (exact) mass is 260 g/mol.